The molecule has 0 heterocycles. The highest BCUT2D eigenvalue weighted by atomic mass is 35.5. The predicted octanol–water partition coefficient (Wildman–Crippen LogP) is 2.68. The number of carbonyl (C=O) groups excluding carboxylic acids is 3. The number of hydrogen-bond donors (Lipinski definition) is 6. The van der Waals surface area contributed by atoms with Crippen LogP contribution in [0.2, 0.25) is 10.0 Å². The molecule has 0 spiro atoms. The number of aliphatic imine (C=N–C) groups is 1. The number of nitrogens with two attached hydrogens (primary N) is 2. The fraction of sp³-hybridized carbons (Fsp3) is 0.148. The highest BCUT2D eigenvalue weighted by Crippen LogP contribution is 2.31. The maximum atomic E-state index is 13.0. The second kappa shape index (κ2) is 14.0. The van der Waals surface area contributed by atoms with Crippen LogP contribution < -0.4 is 27.4 Å². The average Bonchev–Trinajstić information content (AvgIpc) is 2.90. The fourth-order valence-electron chi connectivity index (χ4n) is 3.66. The fourth-order valence-corrected chi connectivity index (χ4v) is 4.32. The van der Waals surface area contributed by atoms with E-state index in [0.717, 1.165) is 5.56 Å². The van der Waals surface area contributed by atoms with Crippen LogP contribution in [0, 0.1) is 0 Å². The summed E-state index contributed by atoms with van der Waals surface area (Å²) in [6.45, 7) is -0.637. The summed E-state index contributed by atoms with van der Waals surface area (Å²) in [5, 5.41) is 16.9. The minimum absolute atomic E-state index is 0.0278. The number of amides is 3. The number of carbonyl (C=O) groups is 4. The molecule has 0 saturated heterocycles. The number of benzene rings is 3. The van der Waals surface area contributed by atoms with Gasteiger partial charge in [0.1, 0.15) is 0 Å². The first-order valence-electron chi connectivity index (χ1n) is 11.8. The molecule has 3 amide bonds. The van der Waals surface area contributed by atoms with Crippen molar-refractivity contribution in [3.63, 3.8) is 0 Å². The van der Waals surface area contributed by atoms with Crippen LogP contribution in [0.4, 0.5) is 5.69 Å². The first-order valence-corrected chi connectivity index (χ1v) is 12.6. The molecule has 1 atom stereocenters. The average molecular weight is 585 g/mol. The van der Waals surface area contributed by atoms with Gasteiger partial charge in [-0.1, -0.05) is 59.6 Å². The number of carboxylic acid groups (broad SMARTS) is 1. The Kier molecular flexibility index (Phi) is 10.5. The molecule has 3 rings (SSSR count). The van der Waals surface area contributed by atoms with Crippen molar-refractivity contribution in [2.75, 3.05) is 13.1 Å². The molecule has 0 aliphatic carbocycles. The molecule has 11 nitrogen and oxygen atoms in total. The van der Waals surface area contributed by atoms with Crippen molar-refractivity contribution < 1.29 is 24.3 Å². The van der Waals surface area contributed by atoms with Crippen molar-refractivity contribution in [3.05, 3.63) is 87.9 Å². The lowest BCUT2D eigenvalue weighted by molar-refractivity contribution is -0.137. The number of hydrogen-bond acceptors (Lipinski definition) is 5. The number of carboxylic acids is 1. The smallest absolute Gasteiger partial charge is 0.305 e. The molecule has 0 unspecified atom stereocenters. The predicted molar refractivity (Wildman–Crippen MR) is 153 cm³/mol. The highest BCUT2D eigenvalue weighted by Gasteiger charge is 2.22. The van der Waals surface area contributed by atoms with Crippen molar-refractivity contribution >= 4 is 58.5 Å². The Balaban J connectivity index is 1.60. The summed E-state index contributed by atoms with van der Waals surface area (Å²) in [5.41, 5.74) is 12.8. The Bertz CT molecular complexity index is 1420. The summed E-state index contributed by atoms with van der Waals surface area (Å²) < 4.78 is 0. The van der Waals surface area contributed by atoms with Gasteiger partial charge in [0.15, 0.2) is 5.96 Å². The molecule has 0 aliphatic rings. The number of rotatable bonds is 11. The lowest BCUT2D eigenvalue weighted by atomic mass is 10.0. The van der Waals surface area contributed by atoms with Crippen molar-refractivity contribution in [2.24, 2.45) is 16.5 Å². The summed E-state index contributed by atoms with van der Waals surface area (Å²) in [7, 11) is 0. The normalized spacial score (nSPS) is 11.2. The highest BCUT2D eigenvalue weighted by molar-refractivity contribution is 6.40. The van der Waals surface area contributed by atoms with E-state index in [0.29, 0.717) is 11.3 Å². The van der Waals surface area contributed by atoms with Gasteiger partial charge < -0.3 is 32.5 Å². The third-order valence-electron chi connectivity index (χ3n) is 5.45. The minimum Gasteiger partial charge on any atom is -0.481 e. The summed E-state index contributed by atoms with van der Waals surface area (Å²) >= 11 is 12.7. The standard InChI is InChI=1S/C27H26Cl2N6O5/c28-20-10-17(15-5-2-1-3-6-15)11-21(29)24(20)26(40)34-19(12-23(37)38)13-32-22(36)14-33-25(39)16-7-4-8-18(9-16)35-27(30)31/h1-11,19H,12-14H2,(H,32,36)(H,33,39)(H,34,40)(H,37,38)(H4,30,31,35)/t19-/m1/s1. The molecule has 0 bridgehead atoms. The Hall–Kier alpha value is -4.61. The van der Waals surface area contributed by atoms with Gasteiger partial charge in [-0.25, -0.2) is 4.99 Å². The van der Waals surface area contributed by atoms with E-state index >= 15 is 0 Å². The SMILES string of the molecule is NC(N)=Nc1cccc(C(=O)NCC(=O)NC[C@@H](CC(=O)O)NC(=O)c2c(Cl)cc(-c3ccccc3)cc2Cl)c1. The largest absolute Gasteiger partial charge is 0.481 e. The van der Waals surface area contributed by atoms with Crippen LogP contribution >= 0.6 is 23.2 Å². The first-order chi connectivity index (χ1) is 19.0. The topological polar surface area (TPSA) is 189 Å². The van der Waals surface area contributed by atoms with Crippen LogP contribution in [0.1, 0.15) is 27.1 Å². The van der Waals surface area contributed by atoms with Crippen LogP contribution in [0.3, 0.4) is 0 Å². The summed E-state index contributed by atoms with van der Waals surface area (Å²) in [6, 6.07) is 17.6. The second-order valence-electron chi connectivity index (χ2n) is 8.52. The Morgan fingerprint density at radius 2 is 1.52 bits per heavy atom. The maximum absolute atomic E-state index is 13.0. The zero-order valence-electron chi connectivity index (χ0n) is 21.0. The molecular formula is C27H26Cl2N6O5. The van der Waals surface area contributed by atoms with Crippen LogP contribution in [0.25, 0.3) is 11.1 Å². The molecule has 0 aromatic heterocycles. The van der Waals surface area contributed by atoms with Gasteiger partial charge in [-0.05, 0) is 41.5 Å². The lowest BCUT2D eigenvalue weighted by Gasteiger charge is -2.19. The van der Waals surface area contributed by atoms with E-state index < -0.39 is 42.7 Å². The van der Waals surface area contributed by atoms with Gasteiger partial charge in [-0.3, -0.25) is 19.2 Å². The van der Waals surface area contributed by atoms with E-state index in [-0.39, 0.29) is 33.7 Å². The summed E-state index contributed by atoms with van der Waals surface area (Å²) in [6.07, 6.45) is -0.493. The number of aliphatic carboxylic acids is 1. The molecule has 0 radical (unpaired) electrons. The van der Waals surface area contributed by atoms with Crippen LogP contribution in [0.15, 0.2) is 71.7 Å². The zero-order valence-corrected chi connectivity index (χ0v) is 22.5. The van der Waals surface area contributed by atoms with Gasteiger partial charge in [-0.2, -0.15) is 0 Å². The molecule has 0 saturated carbocycles. The molecule has 8 N–H and O–H groups in total. The molecule has 13 heteroatoms. The van der Waals surface area contributed by atoms with Gasteiger partial charge in [0.2, 0.25) is 5.91 Å². The minimum atomic E-state index is -1.20. The van der Waals surface area contributed by atoms with Crippen molar-refractivity contribution in [2.45, 2.75) is 12.5 Å². The first kappa shape index (κ1) is 29.9. The van der Waals surface area contributed by atoms with E-state index in [9.17, 15) is 24.3 Å². The summed E-state index contributed by atoms with van der Waals surface area (Å²) in [4.78, 5) is 52.9. The van der Waals surface area contributed by atoms with Gasteiger partial charge in [0.05, 0.1) is 40.3 Å². The molecule has 3 aromatic rings. The molecule has 208 valence electrons. The van der Waals surface area contributed by atoms with E-state index in [2.05, 4.69) is 20.9 Å². The van der Waals surface area contributed by atoms with Crippen molar-refractivity contribution in [1.29, 1.82) is 0 Å². The van der Waals surface area contributed by atoms with Crippen molar-refractivity contribution in [1.82, 2.24) is 16.0 Å². The third-order valence-corrected chi connectivity index (χ3v) is 6.05. The van der Waals surface area contributed by atoms with E-state index in [1.807, 2.05) is 30.3 Å². The molecule has 0 fully saturated rings. The molecular weight excluding hydrogens is 559 g/mol. The van der Waals surface area contributed by atoms with E-state index in [1.165, 1.54) is 12.1 Å². The lowest BCUT2D eigenvalue weighted by Crippen LogP contribution is -2.47. The Morgan fingerprint density at radius 3 is 2.15 bits per heavy atom. The number of nitrogens with zero attached hydrogens (tertiary/aromatic N) is 1. The Morgan fingerprint density at radius 1 is 0.850 bits per heavy atom. The zero-order chi connectivity index (χ0) is 29.2. The summed E-state index contributed by atoms with van der Waals surface area (Å²) in [5.74, 6) is -3.24. The monoisotopic (exact) mass is 584 g/mol. The maximum Gasteiger partial charge on any atom is 0.305 e. The van der Waals surface area contributed by atoms with Gasteiger partial charge in [-0.15, -0.1) is 0 Å². The number of halogens is 2. The molecule has 3 aromatic carbocycles. The van der Waals surface area contributed by atoms with E-state index in [1.54, 1.807) is 24.3 Å². The van der Waals surface area contributed by atoms with Gasteiger partial charge in [0, 0.05) is 12.1 Å². The Labute approximate surface area is 239 Å². The van der Waals surface area contributed by atoms with Gasteiger partial charge in [0.25, 0.3) is 11.8 Å². The van der Waals surface area contributed by atoms with Crippen LogP contribution in [-0.2, 0) is 9.59 Å². The quantitative estimate of drug-likeness (QED) is 0.147. The number of nitrogens with one attached hydrogen (secondary N) is 3. The third kappa shape index (κ3) is 8.72. The van der Waals surface area contributed by atoms with Crippen molar-refractivity contribution in [3.8, 4) is 11.1 Å². The van der Waals surface area contributed by atoms with Crippen LogP contribution in [-0.4, -0.2) is 53.9 Å². The van der Waals surface area contributed by atoms with E-state index in [4.69, 9.17) is 34.7 Å². The van der Waals surface area contributed by atoms with Crippen LogP contribution in [0.5, 0.6) is 0 Å². The second-order valence-corrected chi connectivity index (χ2v) is 9.34. The molecule has 0 aliphatic heterocycles. The van der Waals surface area contributed by atoms with Gasteiger partial charge >= 0.3 is 5.97 Å². The number of guanidine groups is 1. The molecule has 40 heavy (non-hydrogen) atoms.